The van der Waals surface area contributed by atoms with Crippen LogP contribution in [0.1, 0.15) is 58.3 Å². The van der Waals surface area contributed by atoms with Crippen LogP contribution in [-0.2, 0) is 12.0 Å². The van der Waals surface area contributed by atoms with Crippen molar-refractivity contribution in [3.05, 3.63) is 81.6 Å². The van der Waals surface area contributed by atoms with Gasteiger partial charge in [-0.1, -0.05) is 30.3 Å². The number of aromatic nitrogens is 3. The van der Waals surface area contributed by atoms with Crippen molar-refractivity contribution in [2.75, 3.05) is 13.7 Å². The maximum Gasteiger partial charge on any atom is 0.254 e. The second-order valence-corrected chi connectivity index (χ2v) is 10.3. The number of carbonyl (C=O) groups excluding carboxylic acids is 1. The van der Waals surface area contributed by atoms with E-state index in [-0.39, 0.29) is 17.8 Å². The molecule has 0 bridgehead atoms. The normalized spacial score (nSPS) is 17.2. The molecule has 1 fully saturated rings. The van der Waals surface area contributed by atoms with Crippen LogP contribution in [0.15, 0.2) is 58.3 Å². The molecule has 1 aliphatic rings. The Kier molecular flexibility index (Phi) is 6.59. The molecule has 2 atom stereocenters. The van der Waals surface area contributed by atoms with Crippen molar-refractivity contribution in [1.29, 1.82) is 0 Å². The second-order valence-electron chi connectivity index (χ2n) is 9.43. The maximum atomic E-state index is 13.6. The minimum atomic E-state index is -0.848. The van der Waals surface area contributed by atoms with E-state index in [4.69, 9.17) is 14.9 Å². The summed E-state index contributed by atoms with van der Waals surface area (Å²) >= 11 is 1.60. The predicted molar refractivity (Wildman–Crippen MR) is 138 cm³/mol. The first-order chi connectivity index (χ1) is 17.3. The summed E-state index contributed by atoms with van der Waals surface area (Å²) in [6.45, 7) is 4.52. The zero-order valence-electron chi connectivity index (χ0n) is 20.6. The minimum Gasteiger partial charge on any atom is -0.497 e. The van der Waals surface area contributed by atoms with Crippen molar-refractivity contribution in [1.82, 2.24) is 20.1 Å². The highest BCUT2D eigenvalue weighted by Gasteiger charge is 2.33. The molecule has 0 spiro atoms. The highest BCUT2D eigenvalue weighted by molar-refractivity contribution is 7.09. The van der Waals surface area contributed by atoms with E-state index in [0.717, 1.165) is 29.1 Å². The quantitative estimate of drug-likeness (QED) is 0.382. The van der Waals surface area contributed by atoms with Gasteiger partial charge in [0.25, 0.3) is 5.91 Å². The summed E-state index contributed by atoms with van der Waals surface area (Å²) in [6, 6.07) is 15.2. The maximum absolute atomic E-state index is 13.6. The molecule has 2 unspecified atom stereocenters. The van der Waals surface area contributed by atoms with E-state index in [2.05, 4.69) is 15.2 Å². The average Bonchev–Trinajstić information content (AvgIpc) is 3.64. The van der Waals surface area contributed by atoms with Crippen LogP contribution in [0, 0.1) is 6.92 Å². The molecule has 36 heavy (non-hydrogen) atoms. The lowest BCUT2D eigenvalue weighted by Crippen LogP contribution is -2.35. The van der Waals surface area contributed by atoms with Crippen molar-refractivity contribution in [3.8, 4) is 17.2 Å². The Bertz CT molecular complexity index is 1360. The summed E-state index contributed by atoms with van der Waals surface area (Å²) in [4.78, 5) is 20.1. The largest absolute Gasteiger partial charge is 0.497 e. The number of benzene rings is 2. The Morgan fingerprint density at radius 3 is 2.78 bits per heavy atom. The summed E-state index contributed by atoms with van der Waals surface area (Å²) in [5, 5.41) is 11.5. The molecule has 2 aromatic heterocycles. The molecule has 186 valence electrons. The Morgan fingerprint density at radius 1 is 1.25 bits per heavy atom. The van der Waals surface area contributed by atoms with Crippen LogP contribution in [0.2, 0.25) is 0 Å². The number of likely N-dealkylation sites (tertiary alicyclic amines) is 1. The third kappa shape index (κ3) is 4.89. The van der Waals surface area contributed by atoms with Gasteiger partial charge >= 0.3 is 0 Å². The van der Waals surface area contributed by atoms with E-state index in [1.54, 1.807) is 36.6 Å². The number of rotatable bonds is 7. The topological polar surface area (TPSA) is 107 Å². The van der Waals surface area contributed by atoms with E-state index >= 15 is 0 Å². The molecule has 2 aromatic carbocycles. The van der Waals surface area contributed by atoms with Crippen LogP contribution < -0.4 is 10.5 Å². The molecule has 8 nitrogen and oxygen atoms in total. The average molecular weight is 504 g/mol. The van der Waals surface area contributed by atoms with Crippen molar-refractivity contribution in [2.24, 2.45) is 5.73 Å². The highest BCUT2D eigenvalue weighted by atomic mass is 32.1. The molecule has 9 heteroatoms. The third-order valence-corrected chi connectivity index (χ3v) is 7.46. The molecule has 5 rings (SSSR count). The Morgan fingerprint density at radius 2 is 2.06 bits per heavy atom. The lowest BCUT2D eigenvalue weighted by Gasteiger charge is -2.23. The van der Waals surface area contributed by atoms with Gasteiger partial charge < -0.3 is 19.8 Å². The van der Waals surface area contributed by atoms with Crippen LogP contribution in [0.4, 0.5) is 0 Å². The molecule has 1 amide bonds. The van der Waals surface area contributed by atoms with E-state index < -0.39 is 5.54 Å². The SMILES string of the molecule is COc1cc(C(=O)N2CCCC2c2nc(C)cs2)cc(-c2nnc(C(C)(N)Cc3ccccc3)o2)c1. The zero-order chi connectivity index (χ0) is 25.3. The smallest absolute Gasteiger partial charge is 0.254 e. The summed E-state index contributed by atoms with van der Waals surface area (Å²) in [5.74, 6) is 1.08. The molecule has 4 aromatic rings. The van der Waals surface area contributed by atoms with Gasteiger partial charge in [-0.05, 0) is 56.9 Å². The van der Waals surface area contributed by atoms with Crippen molar-refractivity contribution in [2.45, 2.75) is 44.7 Å². The first kappa shape index (κ1) is 24.1. The lowest BCUT2D eigenvalue weighted by atomic mass is 9.94. The number of carbonyl (C=O) groups is 1. The molecule has 0 aliphatic carbocycles. The summed E-state index contributed by atoms with van der Waals surface area (Å²) < 4.78 is 11.5. The van der Waals surface area contributed by atoms with Gasteiger partial charge in [-0.2, -0.15) is 0 Å². The van der Waals surface area contributed by atoms with Gasteiger partial charge in [-0.25, -0.2) is 4.98 Å². The van der Waals surface area contributed by atoms with Crippen LogP contribution in [0.3, 0.4) is 0 Å². The highest BCUT2D eigenvalue weighted by Crippen LogP contribution is 2.36. The van der Waals surface area contributed by atoms with Crippen LogP contribution in [-0.4, -0.2) is 39.6 Å². The Hall–Kier alpha value is -3.56. The minimum absolute atomic E-state index is 0.0169. The summed E-state index contributed by atoms with van der Waals surface area (Å²) in [7, 11) is 1.57. The third-order valence-electron chi connectivity index (χ3n) is 6.40. The first-order valence-corrected chi connectivity index (χ1v) is 12.8. The van der Waals surface area contributed by atoms with Crippen molar-refractivity contribution in [3.63, 3.8) is 0 Å². The fourth-order valence-corrected chi connectivity index (χ4v) is 5.53. The molecule has 1 saturated heterocycles. The van der Waals surface area contributed by atoms with Gasteiger partial charge in [-0.15, -0.1) is 21.5 Å². The summed E-state index contributed by atoms with van der Waals surface area (Å²) in [6.07, 6.45) is 2.39. The Balaban J connectivity index is 1.42. The Labute approximate surface area is 214 Å². The van der Waals surface area contributed by atoms with Gasteiger partial charge in [-0.3, -0.25) is 4.79 Å². The van der Waals surface area contributed by atoms with Crippen LogP contribution in [0.5, 0.6) is 5.75 Å². The van der Waals surface area contributed by atoms with E-state index in [9.17, 15) is 4.79 Å². The number of aryl methyl sites for hydroxylation is 1. The number of nitrogens with two attached hydrogens (primary N) is 1. The second kappa shape index (κ2) is 9.83. The number of thiazole rings is 1. The van der Waals surface area contributed by atoms with E-state index in [0.29, 0.717) is 35.7 Å². The van der Waals surface area contributed by atoms with Gasteiger partial charge in [0.1, 0.15) is 10.8 Å². The van der Waals surface area contributed by atoms with Crippen molar-refractivity contribution < 1.29 is 13.9 Å². The van der Waals surface area contributed by atoms with E-state index in [1.807, 2.05) is 54.5 Å². The molecule has 0 saturated carbocycles. The number of hydrogen-bond acceptors (Lipinski definition) is 8. The number of methoxy groups -OCH3 is 1. The molecule has 2 N–H and O–H groups in total. The number of hydrogen-bond donors (Lipinski definition) is 1. The number of nitrogens with zero attached hydrogens (tertiary/aromatic N) is 4. The molecular weight excluding hydrogens is 474 g/mol. The fraction of sp³-hybridized carbons (Fsp3) is 0.333. The van der Waals surface area contributed by atoms with Crippen LogP contribution >= 0.6 is 11.3 Å². The lowest BCUT2D eigenvalue weighted by molar-refractivity contribution is 0.0735. The number of amides is 1. The van der Waals surface area contributed by atoms with Gasteiger partial charge in [0, 0.05) is 28.7 Å². The van der Waals surface area contributed by atoms with E-state index in [1.165, 1.54) is 0 Å². The first-order valence-electron chi connectivity index (χ1n) is 11.9. The zero-order valence-corrected chi connectivity index (χ0v) is 21.4. The monoisotopic (exact) mass is 503 g/mol. The fourth-order valence-electron chi connectivity index (χ4n) is 4.59. The molecule has 1 aliphatic heterocycles. The molecule has 0 radical (unpaired) electrons. The van der Waals surface area contributed by atoms with Gasteiger partial charge in [0.15, 0.2) is 0 Å². The molecular formula is C27H29N5O3S. The van der Waals surface area contributed by atoms with Gasteiger partial charge in [0.2, 0.25) is 11.8 Å². The van der Waals surface area contributed by atoms with Crippen LogP contribution in [0.25, 0.3) is 11.5 Å². The van der Waals surface area contributed by atoms with Crippen molar-refractivity contribution >= 4 is 17.2 Å². The molecule has 3 heterocycles. The number of ether oxygens (including phenoxy) is 1. The van der Waals surface area contributed by atoms with Gasteiger partial charge in [0.05, 0.1) is 18.7 Å². The standard InChI is InChI=1S/C27H29N5O3S/c1-17-16-36-24(29-17)22-10-7-11-32(22)25(33)20-12-19(13-21(14-20)34-3)23-30-31-26(35-23)27(2,28)15-18-8-5-4-6-9-18/h4-6,8-9,12-14,16,22H,7,10-11,15,28H2,1-3H3. The predicted octanol–water partition coefficient (Wildman–Crippen LogP) is 4.90. The summed E-state index contributed by atoms with van der Waals surface area (Å²) in [5.41, 5.74) is 8.88.